The first-order valence-electron chi connectivity index (χ1n) is 5.15. The number of hydrogen-bond donors (Lipinski definition) is 1. The molecule has 0 spiro atoms. The zero-order chi connectivity index (χ0) is 13.9. The lowest BCUT2D eigenvalue weighted by Crippen LogP contribution is -2.37. The number of sulfonamides is 1. The summed E-state index contributed by atoms with van der Waals surface area (Å²) in [5.41, 5.74) is 0. The standard InChI is InChI=1S/C11H12F2N2O2S/c1-7(2)10(6-14)15-18(16,17)11-4-3-8(12)5-9(11)13/h3-5,7,10,15H,1-2H3. The van der Waals surface area contributed by atoms with Crippen molar-refractivity contribution in [2.24, 2.45) is 5.92 Å². The van der Waals surface area contributed by atoms with Gasteiger partial charge in [0.05, 0.1) is 6.07 Å². The summed E-state index contributed by atoms with van der Waals surface area (Å²) in [6.45, 7) is 3.30. The summed E-state index contributed by atoms with van der Waals surface area (Å²) >= 11 is 0. The first-order valence-corrected chi connectivity index (χ1v) is 6.63. The second-order valence-corrected chi connectivity index (χ2v) is 5.73. The molecule has 1 aromatic rings. The van der Waals surface area contributed by atoms with E-state index < -0.39 is 32.6 Å². The molecule has 0 bridgehead atoms. The van der Waals surface area contributed by atoms with Crippen LogP contribution in [0.15, 0.2) is 23.1 Å². The van der Waals surface area contributed by atoms with Crippen molar-refractivity contribution in [3.8, 4) is 6.07 Å². The minimum atomic E-state index is -4.18. The van der Waals surface area contributed by atoms with Gasteiger partial charge in [-0.05, 0) is 18.1 Å². The predicted octanol–water partition coefficient (Wildman–Crippen LogP) is 1.79. The van der Waals surface area contributed by atoms with E-state index in [0.29, 0.717) is 6.07 Å². The van der Waals surface area contributed by atoms with Crippen LogP contribution in [0.3, 0.4) is 0 Å². The second-order valence-electron chi connectivity index (χ2n) is 4.05. The lowest BCUT2D eigenvalue weighted by atomic mass is 10.1. The number of hydrogen-bond acceptors (Lipinski definition) is 3. The Balaban J connectivity index is 3.11. The third kappa shape index (κ3) is 3.24. The highest BCUT2D eigenvalue weighted by molar-refractivity contribution is 7.89. The Labute approximate surface area is 104 Å². The molecule has 1 aromatic carbocycles. The van der Waals surface area contributed by atoms with Crippen LogP contribution in [0.4, 0.5) is 8.78 Å². The van der Waals surface area contributed by atoms with Crippen molar-refractivity contribution in [1.29, 1.82) is 5.26 Å². The van der Waals surface area contributed by atoms with Gasteiger partial charge in [0, 0.05) is 6.07 Å². The van der Waals surface area contributed by atoms with E-state index in [1.165, 1.54) is 0 Å². The molecule has 0 aliphatic rings. The molecular weight excluding hydrogens is 262 g/mol. The van der Waals surface area contributed by atoms with E-state index in [1.807, 2.05) is 0 Å². The average Bonchev–Trinajstić information content (AvgIpc) is 2.24. The Morgan fingerprint density at radius 2 is 1.94 bits per heavy atom. The largest absolute Gasteiger partial charge is 0.244 e. The molecule has 0 fully saturated rings. The van der Waals surface area contributed by atoms with E-state index in [1.54, 1.807) is 19.9 Å². The number of rotatable bonds is 4. The van der Waals surface area contributed by atoms with Gasteiger partial charge >= 0.3 is 0 Å². The highest BCUT2D eigenvalue weighted by Gasteiger charge is 2.25. The Morgan fingerprint density at radius 3 is 2.39 bits per heavy atom. The van der Waals surface area contributed by atoms with Crippen molar-refractivity contribution in [2.75, 3.05) is 0 Å². The zero-order valence-corrected chi connectivity index (χ0v) is 10.6. The van der Waals surface area contributed by atoms with Crippen LogP contribution in [0.1, 0.15) is 13.8 Å². The smallest absolute Gasteiger partial charge is 0.207 e. The molecule has 4 nitrogen and oxygen atoms in total. The van der Waals surface area contributed by atoms with Gasteiger partial charge in [0.25, 0.3) is 0 Å². The maximum atomic E-state index is 13.4. The first-order chi connectivity index (χ1) is 8.27. The molecule has 1 N–H and O–H groups in total. The molecule has 98 valence electrons. The molecule has 18 heavy (non-hydrogen) atoms. The SMILES string of the molecule is CC(C)C(C#N)NS(=O)(=O)c1ccc(F)cc1F. The molecule has 0 heterocycles. The van der Waals surface area contributed by atoms with Gasteiger partial charge in [-0.2, -0.15) is 9.98 Å². The van der Waals surface area contributed by atoms with Crippen molar-refractivity contribution in [3.05, 3.63) is 29.8 Å². The fraction of sp³-hybridized carbons (Fsp3) is 0.364. The number of benzene rings is 1. The fourth-order valence-electron chi connectivity index (χ4n) is 1.24. The maximum absolute atomic E-state index is 13.4. The topological polar surface area (TPSA) is 70.0 Å². The van der Waals surface area contributed by atoms with E-state index in [0.717, 1.165) is 12.1 Å². The van der Waals surface area contributed by atoms with Crippen molar-refractivity contribution in [2.45, 2.75) is 24.8 Å². The van der Waals surface area contributed by atoms with Gasteiger partial charge in [-0.3, -0.25) is 0 Å². The van der Waals surface area contributed by atoms with Gasteiger partial charge in [0.2, 0.25) is 10.0 Å². The number of nitrogens with one attached hydrogen (secondary N) is 1. The van der Waals surface area contributed by atoms with Crippen LogP contribution in [-0.2, 0) is 10.0 Å². The van der Waals surface area contributed by atoms with E-state index >= 15 is 0 Å². The Kier molecular flexibility index (Phi) is 4.38. The van der Waals surface area contributed by atoms with E-state index in [2.05, 4.69) is 4.72 Å². The molecule has 0 aromatic heterocycles. The molecule has 7 heteroatoms. The van der Waals surface area contributed by atoms with Gasteiger partial charge in [0.1, 0.15) is 22.6 Å². The molecule has 1 rings (SSSR count). The summed E-state index contributed by atoms with van der Waals surface area (Å²) in [5, 5.41) is 8.79. The van der Waals surface area contributed by atoms with Crippen molar-refractivity contribution in [3.63, 3.8) is 0 Å². The lowest BCUT2D eigenvalue weighted by molar-refractivity contribution is 0.506. The van der Waals surface area contributed by atoms with Crippen molar-refractivity contribution < 1.29 is 17.2 Å². The van der Waals surface area contributed by atoms with Crippen LogP contribution >= 0.6 is 0 Å². The third-order valence-electron chi connectivity index (χ3n) is 2.27. The summed E-state index contributed by atoms with van der Waals surface area (Å²) in [6.07, 6.45) is 0. The van der Waals surface area contributed by atoms with Gasteiger partial charge in [-0.1, -0.05) is 13.8 Å². The molecule has 0 aliphatic carbocycles. The molecular formula is C11H12F2N2O2S. The monoisotopic (exact) mass is 274 g/mol. The summed E-state index contributed by atoms with van der Waals surface area (Å²) in [6, 6.07) is 2.94. The van der Waals surface area contributed by atoms with Crippen LogP contribution in [0, 0.1) is 28.9 Å². The molecule has 0 radical (unpaired) electrons. The van der Waals surface area contributed by atoms with Crippen LogP contribution in [0.2, 0.25) is 0 Å². The van der Waals surface area contributed by atoms with Crippen LogP contribution < -0.4 is 4.72 Å². The van der Waals surface area contributed by atoms with E-state index in [9.17, 15) is 17.2 Å². The Morgan fingerprint density at radius 1 is 1.33 bits per heavy atom. The summed E-state index contributed by atoms with van der Waals surface area (Å²) in [4.78, 5) is -0.676. The molecule has 1 unspecified atom stereocenters. The summed E-state index contributed by atoms with van der Waals surface area (Å²) in [7, 11) is -4.18. The summed E-state index contributed by atoms with van der Waals surface area (Å²) in [5.74, 6) is -2.33. The normalized spacial score (nSPS) is 13.3. The molecule has 0 saturated heterocycles. The number of nitriles is 1. The second kappa shape index (κ2) is 5.42. The zero-order valence-electron chi connectivity index (χ0n) is 9.81. The Hall–Kier alpha value is -1.52. The van der Waals surface area contributed by atoms with Crippen LogP contribution in [-0.4, -0.2) is 14.5 Å². The lowest BCUT2D eigenvalue weighted by Gasteiger charge is -2.15. The molecule has 0 saturated carbocycles. The average molecular weight is 274 g/mol. The quantitative estimate of drug-likeness (QED) is 0.910. The predicted molar refractivity (Wildman–Crippen MR) is 60.9 cm³/mol. The van der Waals surface area contributed by atoms with Gasteiger partial charge in [0.15, 0.2) is 0 Å². The highest BCUT2D eigenvalue weighted by Crippen LogP contribution is 2.16. The van der Waals surface area contributed by atoms with Crippen molar-refractivity contribution >= 4 is 10.0 Å². The van der Waals surface area contributed by atoms with Crippen LogP contribution in [0.5, 0.6) is 0 Å². The van der Waals surface area contributed by atoms with Gasteiger partial charge < -0.3 is 0 Å². The minimum absolute atomic E-state index is 0.270. The van der Waals surface area contributed by atoms with Crippen LogP contribution in [0.25, 0.3) is 0 Å². The molecule has 0 aliphatic heterocycles. The third-order valence-corrected chi connectivity index (χ3v) is 3.75. The van der Waals surface area contributed by atoms with Crippen molar-refractivity contribution in [1.82, 2.24) is 4.72 Å². The summed E-state index contributed by atoms with van der Waals surface area (Å²) < 4.78 is 51.7. The molecule has 1 atom stereocenters. The Bertz CT molecular complexity index is 579. The number of halogens is 2. The first kappa shape index (κ1) is 14.5. The highest BCUT2D eigenvalue weighted by atomic mass is 32.2. The van der Waals surface area contributed by atoms with E-state index in [4.69, 9.17) is 5.26 Å². The number of nitrogens with zero attached hydrogens (tertiary/aromatic N) is 1. The maximum Gasteiger partial charge on any atom is 0.244 e. The van der Waals surface area contributed by atoms with Gasteiger partial charge in [-0.15, -0.1) is 0 Å². The minimum Gasteiger partial charge on any atom is -0.207 e. The van der Waals surface area contributed by atoms with Gasteiger partial charge in [-0.25, -0.2) is 17.2 Å². The van der Waals surface area contributed by atoms with E-state index in [-0.39, 0.29) is 5.92 Å². The fourth-order valence-corrected chi connectivity index (χ4v) is 2.58. The molecule has 0 amide bonds.